The van der Waals surface area contributed by atoms with Gasteiger partial charge in [-0.05, 0) is 29.8 Å². The first-order valence-corrected chi connectivity index (χ1v) is 10.2. The summed E-state index contributed by atoms with van der Waals surface area (Å²) in [4.78, 5) is 11.3. The minimum Gasteiger partial charge on any atom is -0.497 e. The van der Waals surface area contributed by atoms with Gasteiger partial charge in [0.15, 0.2) is 5.96 Å². The number of nitrogens with one attached hydrogen (secondary N) is 1. The Morgan fingerprint density at radius 1 is 1.24 bits per heavy atom. The van der Waals surface area contributed by atoms with Crippen molar-refractivity contribution in [2.24, 2.45) is 4.99 Å². The van der Waals surface area contributed by atoms with Crippen LogP contribution in [0, 0.1) is 0 Å². The van der Waals surface area contributed by atoms with E-state index in [9.17, 15) is 0 Å². The number of aromatic nitrogens is 1. The van der Waals surface area contributed by atoms with E-state index in [-0.39, 0.29) is 24.0 Å². The molecule has 2 aromatic heterocycles. The van der Waals surface area contributed by atoms with E-state index in [1.165, 1.54) is 0 Å². The van der Waals surface area contributed by atoms with Crippen molar-refractivity contribution < 1.29 is 9.15 Å². The number of aliphatic imine (C=N–C) groups is 1. The molecule has 0 bridgehead atoms. The van der Waals surface area contributed by atoms with Crippen LogP contribution in [0.25, 0.3) is 0 Å². The van der Waals surface area contributed by atoms with Gasteiger partial charge in [-0.3, -0.25) is 0 Å². The zero-order chi connectivity index (χ0) is 19.6. The zero-order valence-electron chi connectivity index (χ0n) is 16.7. The van der Waals surface area contributed by atoms with Gasteiger partial charge in [0.2, 0.25) is 0 Å². The summed E-state index contributed by atoms with van der Waals surface area (Å²) in [6, 6.07) is 11.9. The molecule has 1 N–H and O–H groups in total. The van der Waals surface area contributed by atoms with E-state index in [0.717, 1.165) is 54.0 Å². The maximum absolute atomic E-state index is 5.41. The number of ether oxygens (including phenoxy) is 1. The number of rotatable bonds is 9. The minimum atomic E-state index is 0. The molecule has 1 aromatic carbocycles. The Balaban J connectivity index is 0.00000300. The molecule has 0 aliphatic carbocycles. The lowest BCUT2D eigenvalue weighted by Gasteiger charge is -2.22. The molecule has 0 unspecified atom stereocenters. The summed E-state index contributed by atoms with van der Waals surface area (Å²) in [7, 11) is 3.73. The average Bonchev–Trinajstić information content (AvgIpc) is 3.43. The number of halogens is 1. The normalized spacial score (nSPS) is 11.0. The highest BCUT2D eigenvalue weighted by atomic mass is 127. The minimum absolute atomic E-state index is 0. The van der Waals surface area contributed by atoms with Gasteiger partial charge in [-0.2, -0.15) is 0 Å². The summed E-state index contributed by atoms with van der Waals surface area (Å²) >= 11 is 1.68. The van der Waals surface area contributed by atoms with Crippen molar-refractivity contribution in [3.8, 4) is 5.75 Å². The lowest BCUT2D eigenvalue weighted by Crippen LogP contribution is -2.40. The van der Waals surface area contributed by atoms with Gasteiger partial charge in [-0.1, -0.05) is 12.1 Å². The smallest absolute Gasteiger partial charge is 0.194 e. The van der Waals surface area contributed by atoms with Gasteiger partial charge < -0.3 is 19.4 Å². The second kappa shape index (κ2) is 12.5. The number of furan rings is 1. The highest BCUT2D eigenvalue weighted by Crippen LogP contribution is 2.12. The molecule has 0 aliphatic heterocycles. The number of likely N-dealkylation sites (N-methyl/N-ethyl adjacent to an activating group) is 1. The number of guanidine groups is 1. The molecule has 156 valence electrons. The van der Waals surface area contributed by atoms with Gasteiger partial charge in [-0.15, -0.1) is 35.3 Å². The third-order valence-electron chi connectivity index (χ3n) is 4.31. The van der Waals surface area contributed by atoms with Crippen LogP contribution < -0.4 is 10.1 Å². The number of benzene rings is 1. The van der Waals surface area contributed by atoms with Crippen molar-refractivity contribution in [1.29, 1.82) is 0 Å². The van der Waals surface area contributed by atoms with Gasteiger partial charge >= 0.3 is 0 Å². The topological polar surface area (TPSA) is 62.9 Å². The number of methoxy groups -OCH3 is 1. The van der Waals surface area contributed by atoms with Crippen LogP contribution in [-0.4, -0.2) is 43.1 Å². The third-order valence-corrected chi connectivity index (χ3v) is 5.15. The lowest BCUT2D eigenvalue weighted by atomic mass is 10.2. The number of hydrogen-bond donors (Lipinski definition) is 1. The summed E-state index contributed by atoms with van der Waals surface area (Å²) in [5, 5.41) is 6.60. The Morgan fingerprint density at radius 3 is 2.72 bits per heavy atom. The first kappa shape index (κ1) is 23.2. The zero-order valence-corrected chi connectivity index (χ0v) is 19.9. The monoisotopic (exact) mass is 526 g/mol. The standard InChI is InChI=1S/C21H26N4O2S.HI/c1-25(13-10-20-22-12-15-28-20)21(23-11-9-19-4-3-14-27-19)24-16-17-5-7-18(26-2)8-6-17;/h3-8,12,14-15H,9-11,13,16H2,1-2H3,(H,23,24);1H. The highest BCUT2D eigenvalue weighted by molar-refractivity contribution is 14.0. The SMILES string of the molecule is COc1ccc(CN=C(NCCc2ccco2)N(C)CCc2nccs2)cc1.I. The molecule has 0 saturated carbocycles. The molecule has 0 fully saturated rings. The molecule has 3 rings (SSSR count). The van der Waals surface area contributed by atoms with Crippen LogP contribution in [0.4, 0.5) is 0 Å². The average molecular weight is 526 g/mol. The predicted molar refractivity (Wildman–Crippen MR) is 128 cm³/mol. The van der Waals surface area contributed by atoms with Gasteiger partial charge in [0.05, 0.1) is 24.9 Å². The number of hydrogen-bond acceptors (Lipinski definition) is 5. The Hall–Kier alpha value is -2.07. The molecule has 6 nitrogen and oxygen atoms in total. The van der Waals surface area contributed by atoms with Crippen LogP contribution in [0.5, 0.6) is 5.75 Å². The third kappa shape index (κ3) is 7.69. The van der Waals surface area contributed by atoms with Crippen LogP contribution in [0.3, 0.4) is 0 Å². The van der Waals surface area contributed by atoms with E-state index in [1.54, 1.807) is 24.7 Å². The van der Waals surface area contributed by atoms with E-state index in [2.05, 4.69) is 22.2 Å². The lowest BCUT2D eigenvalue weighted by molar-refractivity contribution is 0.414. The highest BCUT2D eigenvalue weighted by Gasteiger charge is 2.08. The first-order valence-electron chi connectivity index (χ1n) is 9.27. The molecular formula is C21H27IN4O2S. The summed E-state index contributed by atoms with van der Waals surface area (Å²) in [5.41, 5.74) is 1.14. The predicted octanol–water partition coefficient (Wildman–Crippen LogP) is 4.23. The van der Waals surface area contributed by atoms with E-state index >= 15 is 0 Å². The fourth-order valence-electron chi connectivity index (χ4n) is 2.71. The van der Waals surface area contributed by atoms with Crippen LogP contribution in [0.15, 0.2) is 63.6 Å². The van der Waals surface area contributed by atoms with Gasteiger partial charge in [0, 0.05) is 44.6 Å². The van der Waals surface area contributed by atoms with Crippen molar-refractivity contribution in [2.45, 2.75) is 19.4 Å². The largest absolute Gasteiger partial charge is 0.497 e. The van der Waals surface area contributed by atoms with Crippen LogP contribution >= 0.6 is 35.3 Å². The number of nitrogens with zero attached hydrogens (tertiary/aromatic N) is 3. The molecule has 0 spiro atoms. The fraction of sp³-hybridized carbons (Fsp3) is 0.333. The summed E-state index contributed by atoms with van der Waals surface area (Å²) in [6.45, 7) is 2.22. The Bertz CT molecular complexity index is 836. The van der Waals surface area contributed by atoms with E-state index in [4.69, 9.17) is 14.1 Å². The van der Waals surface area contributed by atoms with Gasteiger partial charge in [0.1, 0.15) is 11.5 Å². The van der Waals surface area contributed by atoms with Crippen molar-refractivity contribution in [2.75, 3.05) is 27.2 Å². The van der Waals surface area contributed by atoms with Crippen molar-refractivity contribution in [1.82, 2.24) is 15.2 Å². The van der Waals surface area contributed by atoms with E-state index in [0.29, 0.717) is 6.54 Å². The molecule has 0 radical (unpaired) electrons. The molecule has 0 amide bonds. The molecule has 0 aliphatic rings. The molecule has 2 heterocycles. The Morgan fingerprint density at radius 2 is 2.07 bits per heavy atom. The van der Waals surface area contributed by atoms with E-state index < -0.39 is 0 Å². The van der Waals surface area contributed by atoms with E-state index in [1.807, 2.05) is 48.0 Å². The summed E-state index contributed by atoms with van der Waals surface area (Å²) < 4.78 is 10.6. The van der Waals surface area contributed by atoms with Gasteiger partial charge in [-0.25, -0.2) is 9.98 Å². The summed E-state index contributed by atoms with van der Waals surface area (Å²) in [6.07, 6.45) is 5.26. The van der Waals surface area contributed by atoms with Crippen LogP contribution in [0.2, 0.25) is 0 Å². The van der Waals surface area contributed by atoms with Gasteiger partial charge in [0.25, 0.3) is 0 Å². The quantitative estimate of drug-likeness (QED) is 0.257. The molecule has 0 saturated heterocycles. The van der Waals surface area contributed by atoms with Crippen molar-refractivity contribution in [3.05, 3.63) is 70.6 Å². The number of thiazole rings is 1. The molecular weight excluding hydrogens is 499 g/mol. The maximum Gasteiger partial charge on any atom is 0.194 e. The van der Waals surface area contributed by atoms with Crippen LogP contribution in [-0.2, 0) is 19.4 Å². The molecule has 29 heavy (non-hydrogen) atoms. The molecule has 8 heteroatoms. The Kier molecular flexibility index (Phi) is 9.99. The Labute approximate surface area is 193 Å². The maximum atomic E-state index is 5.41. The molecule has 3 aromatic rings. The second-order valence-corrected chi connectivity index (χ2v) is 7.32. The molecule has 0 atom stereocenters. The second-order valence-electron chi connectivity index (χ2n) is 6.34. The van der Waals surface area contributed by atoms with Crippen molar-refractivity contribution >= 4 is 41.3 Å². The van der Waals surface area contributed by atoms with Crippen LogP contribution in [0.1, 0.15) is 16.3 Å². The van der Waals surface area contributed by atoms with Crippen molar-refractivity contribution in [3.63, 3.8) is 0 Å². The first-order chi connectivity index (χ1) is 13.7. The fourth-order valence-corrected chi connectivity index (χ4v) is 3.32. The summed E-state index contributed by atoms with van der Waals surface area (Å²) in [5.74, 6) is 2.69.